The summed E-state index contributed by atoms with van der Waals surface area (Å²) in [5.41, 5.74) is 1.24. The van der Waals surface area contributed by atoms with Crippen LogP contribution in [0.25, 0.3) is 10.2 Å². The second-order valence-electron chi connectivity index (χ2n) is 6.08. The summed E-state index contributed by atoms with van der Waals surface area (Å²) in [5.74, 6) is 0.350. The van der Waals surface area contributed by atoms with Crippen LogP contribution in [0.15, 0.2) is 41.3 Å². The number of aryl methyl sites for hydroxylation is 1. The van der Waals surface area contributed by atoms with Crippen molar-refractivity contribution in [3.63, 3.8) is 0 Å². The van der Waals surface area contributed by atoms with E-state index in [4.69, 9.17) is 9.47 Å². The molecule has 2 aromatic carbocycles. The van der Waals surface area contributed by atoms with Crippen LogP contribution in [0.1, 0.15) is 11.4 Å². The average molecular weight is 421 g/mol. The number of carbonyl (C=O) groups is 1. The first-order chi connectivity index (χ1) is 13.3. The largest absolute Gasteiger partial charge is 0.497 e. The zero-order chi connectivity index (χ0) is 20.3. The van der Waals surface area contributed by atoms with Gasteiger partial charge in [-0.05, 0) is 25.1 Å². The fourth-order valence-corrected chi connectivity index (χ4v) is 4.87. The average Bonchev–Trinajstić information content (AvgIpc) is 3.05. The van der Waals surface area contributed by atoms with E-state index in [1.54, 1.807) is 30.3 Å². The molecule has 9 heteroatoms. The van der Waals surface area contributed by atoms with Crippen molar-refractivity contribution in [2.24, 2.45) is 0 Å². The molecule has 148 valence electrons. The number of carbonyl (C=O) groups excluding carboxylic acids is 1. The molecule has 1 heterocycles. The van der Waals surface area contributed by atoms with Gasteiger partial charge in [-0.3, -0.25) is 4.79 Å². The summed E-state index contributed by atoms with van der Waals surface area (Å²) in [6.07, 6.45) is -0.165. The number of amides is 1. The summed E-state index contributed by atoms with van der Waals surface area (Å²) in [6, 6.07) is 9.78. The fourth-order valence-electron chi connectivity index (χ4n) is 2.66. The lowest BCUT2D eigenvalue weighted by atomic mass is 10.2. The number of nitrogens with one attached hydrogen (secondary N) is 1. The Balaban J connectivity index is 1.69. The molecule has 0 spiro atoms. The summed E-state index contributed by atoms with van der Waals surface area (Å²) in [4.78, 5) is 16.8. The minimum Gasteiger partial charge on any atom is -0.497 e. The maximum absolute atomic E-state index is 12.6. The molecular weight excluding hydrogens is 400 g/mol. The first-order valence-corrected chi connectivity index (χ1v) is 10.9. The molecule has 0 saturated heterocycles. The number of anilines is 1. The summed E-state index contributed by atoms with van der Waals surface area (Å²) < 4.78 is 36.3. The lowest BCUT2D eigenvalue weighted by Gasteiger charge is -2.10. The second-order valence-corrected chi connectivity index (χ2v) is 9.42. The minimum atomic E-state index is -3.59. The first-order valence-electron chi connectivity index (χ1n) is 8.43. The highest BCUT2D eigenvalue weighted by Gasteiger charge is 2.18. The number of sulfone groups is 1. The van der Waals surface area contributed by atoms with Crippen LogP contribution in [-0.2, 0) is 14.6 Å². The van der Waals surface area contributed by atoms with Gasteiger partial charge in [-0.15, -0.1) is 11.3 Å². The molecule has 0 atom stereocenters. The molecule has 3 rings (SSSR count). The van der Waals surface area contributed by atoms with E-state index >= 15 is 0 Å². The van der Waals surface area contributed by atoms with Gasteiger partial charge in [0.15, 0.2) is 9.84 Å². The lowest BCUT2D eigenvalue weighted by molar-refractivity contribution is -0.115. The molecule has 0 radical (unpaired) electrons. The van der Waals surface area contributed by atoms with Gasteiger partial charge in [0.25, 0.3) is 0 Å². The van der Waals surface area contributed by atoms with Gasteiger partial charge < -0.3 is 14.8 Å². The minimum absolute atomic E-state index is 0.165. The number of nitrogens with zero attached hydrogens (tertiary/aromatic N) is 1. The van der Waals surface area contributed by atoms with E-state index in [9.17, 15) is 13.2 Å². The number of benzene rings is 2. The molecule has 1 N–H and O–H groups in total. The highest BCUT2D eigenvalue weighted by atomic mass is 32.2. The Hall–Kier alpha value is -2.65. The van der Waals surface area contributed by atoms with Crippen LogP contribution in [-0.4, -0.2) is 39.3 Å². The van der Waals surface area contributed by atoms with Gasteiger partial charge in [0, 0.05) is 30.3 Å². The topological polar surface area (TPSA) is 94.6 Å². The zero-order valence-corrected chi connectivity index (χ0v) is 17.3. The molecule has 0 unspecified atom stereocenters. The highest BCUT2D eigenvalue weighted by molar-refractivity contribution is 7.91. The Morgan fingerprint density at radius 3 is 2.43 bits per heavy atom. The molecule has 0 saturated carbocycles. The predicted molar refractivity (Wildman–Crippen MR) is 109 cm³/mol. The third-order valence-corrected chi connectivity index (χ3v) is 6.71. The van der Waals surface area contributed by atoms with Crippen LogP contribution >= 0.6 is 11.3 Å². The number of hydrogen-bond donors (Lipinski definition) is 1. The second kappa shape index (κ2) is 8.15. The number of rotatable bonds is 7. The molecule has 3 aromatic rings. The Bertz CT molecular complexity index is 1100. The zero-order valence-electron chi connectivity index (χ0n) is 15.7. The molecular formula is C19H20N2O5S2. The molecule has 0 bridgehead atoms. The molecule has 0 aliphatic carbocycles. The maximum atomic E-state index is 12.6. The maximum Gasteiger partial charge on any atom is 0.225 e. The van der Waals surface area contributed by atoms with Crippen molar-refractivity contribution in [2.45, 2.75) is 18.2 Å². The molecule has 1 aromatic heterocycles. The van der Waals surface area contributed by atoms with Crippen LogP contribution in [0, 0.1) is 6.92 Å². The standard InChI is InChI=1S/C19H20N2O5S2/c1-12-20-17-5-4-16(11-18(17)27-12)28(23,24)7-6-19(22)21-13-8-14(25-2)10-15(9-13)26-3/h4-5,8-11H,6-7H2,1-3H3,(H,21,22). The van der Waals surface area contributed by atoms with Crippen LogP contribution in [0.4, 0.5) is 5.69 Å². The van der Waals surface area contributed by atoms with Crippen LogP contribution in [0.3, 0.4) is 0 Å². The Labute approximate surface area is 167 Å². The van der Waals surface area contributed by atoms with E-state index in [-0.39, 0.29) is 17.1 Å². The van der Waals surface area contributed by atoms with Crippen LogP contribution in [0.2, 0.25) is 0 Å². The summed E-state index contributed by atoms with van der Waals surface area (Å²) in [7, 11) is -0.570. The third kappa shape index (κ3) is 4.60. The fraction of sp³-hybridized carbons (Fsp3) is 0.263. The van der Waals surface area contributed by atoms with Crippen molar-refractivity contribution < 1.29 is 22.7 Å². The highest BCUT2D eigenvalue weighted by Crippen LogP contribution is 2.27. The van der Waals surface area contributed by atoms with Crippen molar-refractivity contribution in [2.75, 3.05) is 25.3 Å². The molecule has 0 fully saturated rings. The van der Waals surface area contributed by atoms with E-state index in [1.165, 1.54) is 31.6 Å². The van der Waals surface area contributed by atoms with Crippen molar-refractivity contribution in [1.29, 1.82) is 0 Å². The molecule has 28 heavy (non-hydrogen) atoms. The monoisotopic (exact) mass is 420 g/mol. The van der Waals surface area contributed by atoms with Crippen molar-refractivity contribution >= 4 is 43.0 Å². The Morgan fingerprint density at radius 1 is 1.11 bits per heavy atom. The van der Waals surface area contributed by atoms with Gasteiger partial charge in [-0.1, -0.05) is 0 Å². The molecule has 0 aliphatic heterocycles. The van der Waals surface area contributed by atoms with E-state index < -0.39 is 15.7 Å². The number of aromatic nitrogens is 1. The van der Waals surface area contributed by atoms with Crippen molar-refractivity contribution in [3.8, 4) is 11.5 Å². The third-order valence-electron chi connectivity index (χ3n) is 4.06. The molecule has 7 nitrogen and oxygen atoms in total. The number of fused-ring (bicyclic) bond motifs is 1. The van der Waals surface area contributed by atoms with E-state index in [1.807, 2.05) is 6.92 Å². The normalized spacial score (nSPS) is 11.4. The van der Waals surface area contributed by atoms with Gasteiger partial charge in [0.2, 0.25) is 5.91 Å². The Morgan fingerprint density at radius 2 is 1.79 bits per heavy atom. The van der Waals surface area contributed by atoms with E-state index in [0.29, 0.717) is 17.2 Å². The van der Waals surface area contributed by atoms with E-state index in [0.717, 1.165) is 15.2 Å². The van der Waals surface area contributed by atoms with Gasteiger partial charge >= 0.3 is 0 Å². The summed E-state index contributed by atoms with van der Waals surface area (Å²) >= 11 is 1.44. The molecule has 1 amide bonds. The van der Waals surface area contributed by atoms with Crippen molar-refractivity contribution in [1.82, 2.24) is 4.98 Å². The van der Waals surface area contributed by atoms with E-state index in [2.05, 4.69) is 10.3 Å². The number of methoxy groups -OCH3 is 2. The molecule has 0 aliphatic rings. The number of ether oxygens (including phenoxy) is 2. The summed E-state index contributed by atoms with van der Waals surface area (Å²) in [5, 5.41) is 3.55. The quantitative estimate of drug-likeness (QED) is 0.629. The van der Waals surface area contributed by atoms with Gasteiger partial charge in [0.05, 0.1) is 40.1 Å². The Kier molecular flexibility index (Phi) is 5.85. The first kappa shape index (κ1) is 20.1. The SMILES string of the molecule is COc1cc(NC(=O)CCS(=O)(=O)c2ccc3nc(C)sc3c2)cc(OC)c1. The predicted octanol–water partition coefficient (Wildman–Crippen LogP) is 3.42. The van der Waals surface area contributed by atoms with Gasteiger partial charge in [-0.2, -0.15) is 0 Å². The van der Waals surface area contributed by atoms with Crippen LogP contribution < -0.4 is 14.8 Å². The summed E-state index contributed by atoms with van der Waals surface area (Å²) in [6.45, 7) is 1.87. The lowest BCUT2D eigenvalue weighted by Crippen LogP contribution is -2.17. The van der Waals surface area contributed by atoms with Crippen molar-refractivity contribution in [3.05, 3.63) is 41.4 Å². The smallest absolute Gasteiger partial charge is 0.225 e. The number of hydrogen-bond acceptors (Lipinski definition) is 7. The van der Waals surface area contributed by atoms with Gasteiger partial charge in [0.1, 0.15) is 11.5 Å². The van der Waals surface area contributed by atoms with Crippen LogP contribution in [0.5, 0.6) is 11.5 Å². The number of thiazole rings is 1. The van der Waals surface area contributed by atoms with Gasteiger partial charge in [-0.25, -0.2) is 13.4 Å².